The summed E-state index contributed by atoms with van der Waals surface area (Å²) in [5, 5.41) is 0. The largest absolute Gasteiger partial charge is 0.490 e. The van der Waals surface area contributed by atoms with E-state index in [9.17, 15) is 8.42 Å². The number of hydrogen-bond acceptors (Lipinski definition) is 4. The lowest BCUT2D eigenvalue weighted by molar-refractivity contribution is 0.133. The third kappa shape index (κ3) is 2.45. The Labute approximate surface area is 107 Å². The molecule has 7 heteroatoms. The van der Waals surface area contributed by atoms with Crippen molar-refractivity contribution in [3.63, 3.8) is 0 Å². The van der Waals surface area contributed by atoms with Crippen molar-refractivity contribution in [2.75, 3.05) is 0 Å². The summed E-state index contributed by atoms with van der Waals surface area (Å²) in [5.74, 6) is 0.712. The standard InChI is InChI=1S/C11H17N3O3S/c1-3-7(2)17-9-6-4-5-8-10(9)11(12)14-18(15,16)13-8/h5-7,13-14H,3-4,12H2,1-2H3. The van der Waals surface area contributed by atoms with Gasteiger partial charge in [0.2, 0.25) is 0 Å². The summed E-state index contributed by atoms with van der Waals surface area (Å²) in [6.07, 6.45) is 5.18. The molecule has 0 bridgehead atoms. The molecule has 0 saturated heterocycles. The summed E-state index contributed by atoms with van der Waals surface area (Å²) >= 11 is 0. The van der Waals surface area contributed by atoms with Gasteiger partial charge in [-0.3, -0.25) is 9.44 Å². The number of hydrogen-bond donors (Lipinski definition) is 3. The minimum atomic E-state index is -3.59. The number of fused-ring (bicyclic) bond motifs is 1. The van der Waals surface area contributed by atoms with Crippen LogP contribution < -0.4 is 15.2 Å². The molecule has 18 heavy (non-hydrogen) atoms. The van der Waals surface area contributed by atoms with Crippen LogP contribution >= 0.6 is 0 Å². The maximum absolute atomic E-state index is 11.5. The summed E-state index contributed by atoms with van der Waals surface area (Å²) in [6, 6.07) is 0. The maximum atomic E-state index is 11.5. The molecule has 0 spiro atoms. The van der Waals surface area contributed by atoms with Crippen molar-refractivity contribution in [1.29, 1.82) is 0 Å². The van der Waals surface area contributed by atoms with E-state index < -0.39 is 10.2 Å². The molecule has 2 rings (SSSR count). The Morgan fingerprint density at radius 2 is 2.17 bits per heavy atom. The quantitative estimate of drug-likeness (QED) is 0.700. The first-order valence-corrected chi connectivity index (χ1v) is 7.29. The maximum Gasteiger partial charge on any atom is 0.322 e. The van der Waals surface area contributed by atoms with Gasteiger partial charge in [0.1, 0.15) is 11.6 Å². The van der Waals surface area contributed by atoms with Crippen LogP contribution in [0.15, 0.2) is 35.0 Å². The molecule has 0 saturated carbocycles. The molecule has 0 fully saturated rings. The molecule has 100 valence electrons. The lowest BCUT2D eigenvalue weighted by atomic mass is 10.0. The first-order chi connectivity index (χ1) is 8.43. The Morgan fingerprint density at radius 3 is 2.83 bits per heavy atom. The van der Waals surface area contributed by atoms with Gasteiger partial charge in [-0.15, -0.1) is 0 Å². The van der Waals surface area contributed by atoms with E-state index in [0.29, 0.717) is 23.5 Å². The second-order valence-corrected chi connectivity index (χ2v) is 5.67. The van der Waals surface area contributed by atoms with Crippen LogP contribution in [0.3, 0.4) is 0 Å². The van der Waals surface area contributed by atoms with Gasteiger partial charge < -0.3 is 10.5 Å². The van der Waals surface area contributed by atoms with Crippen molar-refractivity contribution < 1.29 is 13.2 Å². The van der Waals surface area contributed by atoms with Gasteiger partial charge in [0.05, 0.1) is 17.4 Å². The van der Waals surface area contributed by atoms with E-state index in [1.165, 1.54) is 0 Å². The molecule has 0 aromatic heterocycles. The highest BCUT2D eigenvalue weighted by Crippen LogP contribution is 2.29. The second kappa shape index (κ2) is 4.56. The van der Waals surface area contributed by atoms with Crippen molar-refractivity contribution in [3.8, 4) is 0 Å². The molecule has 0 aromatic rings. The molecule has 1 aliphatic heterocycles. The van der Waals surface area contributed by atoms with Crippen molar-refractivity contribution in [3.05, 3.63) is 35.0 Å². The number of ether oxygens (including phenoxy) is 1. The molecule has 2 aliphatic rings. The minimum Gasteiger partial charge on any atom is -0.490 e. The van der Waals surface area contributed by atoms with Crippen molar-refractivity contribution >= 4 is 10.2 Å². The van der Waals surface area contributed by atoms with Gasteiger partial charge in [0, 0.05) is 0 Å². The Hall–Kier alpha value is -1.63. The zero-order valence-corrected chi connectivity index (χ0v) is 11.2. The van der Waals surface area contributed by atoms with Gasteiger partial charge in [-0.25, -0.2) is 0 Å². The van der Waals surface area contributed by atoms with Crippen molar-refractivity contribution in [1.82, 2.24) is 9.44 Å². The van der Waals surface area contributed by atoms with E-state index in [1.54, 1.807) is 6.08 Å². The number of rotatable bonds is 3. The van der Waals surface area contributed by atoms with Gasteiger partial charge in [0.15, 0.2) is 0 Å². The average molecular weight is 271 g/mol. The van der Waals surface area contributed by atoms with Gasteiger partial charge >= 0.3 is 10.2 Å². The van der Waals surface area contributed by atoms with E-state index in [4.69, 9.17) is 10.5 Å². The average Bonchev–Trinajstić information content (AvgIpc) is 2.26. The Bertz CT molecular complexity index is 546. The van der Waals surface area contributed by atoms with Gasteiger partial charge in [-0.2, -0.15) is 8.42 Å². The second-order valence-electron chi connectivity index (χ2n) is 4.25. The monoisotopic (exact) mass is 271 g/mol. The number of allylic oxidation sites excluding steroid dienone is 2. The third-order valence-corrected chi connectivity index (χ3v) is 3.78. The van der Waals surface area contributed by atoms with Crippen LogP contribution in [0, 0.1) is 0 Å². The Balaban J connectivity index is 2.34. The smallest absolute Gasteiger partial charge is 0.322 e. The summed E-state index contributed by atoms with van der Waals surface area (Å²) < 4.78 is 33.3. The predicted octanol–water partition coefficient (Wildman–Crippen LogP) is 0.581. The van der Waals surface area contributed by atoms with E-state index in [1.807, 2.05) is 19.9 Å². The minimum absolute atomic E-state index is 0.0504. The van der Waals surface area contributed by atoms with Crippen LogP contribution in [0.25, 0.3) is 0 Å². The van der Waals surface area contributed by atoms with Gasteiger partial charge in [-0.05, 0) is 25.8 Å². The molecule has 1 aliphatic carbocycles. The van der Waals surface area contributed by atoms with Gasteiger partial charge in [-0.1, -0.05) is 13.0 Å². The lowest BCUT2D eigenvalue weighted by Gasteiger charge is -2.28. The lowest BCUT2D eigenvalue weighted by Crippen LogP contribution is -2.44. The Morgan fingerprint density at radius 1 is 1.44 bits per heavy atom. The molecule has 1 atom stereocenters. The highest BCUT2D eigenvalue weighted by atomic mass is 32.2. The first kappa shape index (κ1) is 12.8. The van der Waals surface area contributed by atoms with Gasteiger partial charge in [0.25, 0.3) is 0 Å². The molecular weight excluding hydrogens is 254 g/mol. The van der Waals surface area contributed by atoms with Crippen LogP contribution in [0.1, 0.15) is 26.7 Å². The highest BCUT2D eigenvalue weighted by Gasteiger charge is 2.29. The summed E-state index contributed by atoms with van der Waals surface area (Å²) in [4.78, 5) is 0. The number of nitrogens with one attached hydrogen (secondary N) is 2. The third-order valence-electron chi connectivity index (χ3n) is 2.80. The number of nitrogens with two attached hydrogens (primary N) is 1. The van der Waals surface area contributed by atoms with Crippen LogP contribution in [0.5, 0.6) is 0 Å². The fraction of sp³-hybridized carbons (Fsp3) is 0.455. The molecule has 0 amide bonds. The van der Waals surface area contributed by atoms with E-state index in [-0.39, 0.29) is 11.9 Å². The van der Waals surface area contributed by atoms with E-state index in [0.717, 1.165) is 6.42 Å². The Kier molecular flexibility index (Phi) is 3.25. The molecule has 1 unspecified atom stereocenters. The summed E-state index contributed by atoms with van der Waals surface area (Å²) in [6.45, 7) is 3.97. The topological polar surface area (TPSA) is 93.4 Å². The molecular formula is C11H17N3O3S. The zero-order valence-electron chi connectivity index (χ0n) is 10.4. The van der Waals surface area contributed by atoms with Crippen LogP contribution in [-0.4, -0.2) is 14.5 Å². The first-order valence-electron chi connectivity index (χ1n) is 5.81. The zero-order chi connectivity index (χ0) is 13.3. The fourth-order valence-corrected chi connectivity index (χ4v) is 2.68. The molecule has 0 aromatic carbocycles. The normalized spacial score (nSPS) is 23.0. The van der Waals surface area contributed by atoms with Crippen LogP contribution in [0.2, 0.25) is 0 Å². The molecule has 1 heterocycles. The molecule has 6 nitrogen and oxygen atoms in total. The molecule has 4 N–H and O–H groups in total. The highest BCUT2D eigenvalue weighted by molar-refractivity contribution is 7.87. The SMILES string of the molecule is CCC(C)OC1=CCC=C2NS(=O)(=O)NC(N)=C21. The molecule has 0 radical (unpaired) electrons. The summed E-state index contributed by atoms with van der Waals surface area (Å²) in [7, 11) is -3.59. The predicted molar refractivity (Wildman–Crippen MR) is 68.0 cm³/mol. The van der Waals surface area contributed by atoms with E-state index in [2.05, 4.69) is 9.44 Å². The van der Waals surface area contributed by atoms with Crippen LogP contribution in [0.4, 0.5) is 0 Å². The van der Waals surface area contributed by atoms with Crippen molar-refractivity contribution in [2.45, 2.75) is 32.8 Å². The van der Waals surface area contributed by atoms with Crippen molar-refractivity contribution in [2.24, 2.45) is 5.73 Å². The van der Waals surface area contributed by atoms with Crippen LogP contribution in [-0.2, 0) is 14.9 Å². The summed E-state index contributed by atoms with van der Waals surface area (Å²) in [5.41, 5.74) is 6.82. The van der Waals surface area contributed by atoms with E-state index >= 15 is 0 Å². The fourth-order valence-electron chi connectivity index (χ4n) is 1.76.